The van der Waals surface area contributed by atoms with Crippen molar-refractivity contribution in [3.8, 4) is 5.69 Å². The van der Waals surface area contributed by atoms with Gasteiger partial charge in [0.2, 0.25) is 5.91 Å². The monoisotopic (exact) mass is 365 g/mol. The van der Waals surface area contributed by atoms with E-state index in [0.29, 0.717) is 13.0 Å². The fourth-order valence-electron chi connectivity index (χ4n) is 3.61. The molecule has 1 N–H and O–H groups in total. The normalized spacial score (nSPS) is 20.5. The minimum Gasteiger partial charge on any atom is -0.467 e. The Hall–Kier alpha value is -2.86. The molecular weight excluding hydrogens is 342 g/mol. The second-order valence-electron chi connectivity index (χ2n) is 6.89. The smallest absolute Gasteiger partial charge is 0.226 e. The number of aryl methyl sites for hydroxylation is 1. The van der Waals surface area contributed by atoms with E-state index in [1.807, 2.05) is 61.0 Å². The lowest BCUT2D eigenvalue weighted by atomic mass is 9.97. The first-order valence-electron chi connectivity index (χ1n) is 9.20. The van der Waals surface area contributed by atoms with Crippen LogP contribution in [0, 0.1) is 12.8 Å². The average molecular weight is 365 g/mol. The van der Waals surface area contributed by atoms with Crippen molar-refractivity contribution in [1.29, 1.82) is 0 Å². The standard InChI is InChI=1S/C21H23N3O3/c1-14-6-3-4-7-17(14)24-18(9-11-22-24)20-16(10-13-27-20)21(25)23-15(2)19-8-5-12-26-19/h3-9,11-12,15-16,20H,10,13H2,1-2H3,(H,23,25)/t15?,16-,20-/m0/s1. The van der Waals surface area contributed by atoms with Crippen LogP contribution in [0.5, 0.6) is 0 Å². The summed E-state index contributed by atoms with van der Waals surface area (Å²) in [4.78, 5) is 12.9. The van der Waals surface area contributed by atoms with E-state index in [4.69, 9.17) is 9.15 Å². The Labute approximate surface area is 158 Å². The van der Waals surface area contributed by atoms with Crippen LogP contribution in [0.4, 0.5) is 0 Å². The number of hydrogen-bond donors (Lipinski definition) is 1. The van der Waals surface area contributed by atoms with E-state index in [-0.39, 0.29) is 24.0 Å². The van der Waals surface area contributed by atoms with Crippen molar-refractivity contribution >= 4 is 5.91 Å². The molecule has 6 heteroatoms. The highest BCUT2D eigenvalue weighted by Crippen LogP contribution is 2.36. The molecule has 1 amide bonds. The Balaban J connectivity index is 1.57. The molecule has 0 aliphatic carbocycles. The third-order valence-electron chi connectivity index (χ3n) is 5.06. The maximum absolute atomic E-state index is 12.9. The number of ether oxygens (including phenoxy) is 1. The molecule has 6 nitrogen and oxygen atoms in total. The van der Waals surface area contributed by atoms with Gasteiger partial charge < -0.3 is 14.5 Å². The van der Waals surface area contributed by atoms with Crippen molar-refractivity contribution in [2.45, 2.75) is 32.4 Å². The zero-order valence-corrected chi connectivity index (χ0v) is 15.5. The van der Waals surface area contributed by atoms with E-state index in [9.17, 15) is 4.79 Å². The second-order valence-corrected chi connectivity index (χ2v) is 6.89. The van der Waals surface area contributed by atoms with Gasteiger partial charge in [-0.05, 0) is 50.1 Å². The Morgan fingerprint density at radius 1 is 1.26 bits per heavy atom. The third kappa shape index (κ3) is 3.40. The number of carbonyl (C=O) groups excluding carboxylic acids is 1. The SMILES string of the molecule is Cc1ccccc1-n1nccc1[C@H]1OCC[C@@H]1C(=O)NC(C)c1ccco1. The lowest BCUT2D eigenvalue weighted by Crippen LogP contribution is -2.34. The predicted molar refractivity (Wildman–Crippen MR) is 100 cm³/mol. The summed E-state index contributed by atoms with van der Waals surface area (Å²) in [6.07, 6.45) is 3.72. The number of furan rings is 1. The van der Waals surface area contributed by atoms with Gasteiger partial charge in [0.25, 0.3) is 0 Å². The zero-order valence-electron chi connectivity index (χ0n) is 15.5. The van der Waals surface area contributed by atoms with E-state index >= 15 is 0 Å². The number of carbonyl (C=O) groups is 1. The molecule has 0 radical (unpaired) electrons. The number of para-hydroxylation sites is 1. The molecule has 1 aliphatic heterocycles. The molecule has 2 aromatic heterocycles. The van der Waals surface area contributed by atoms with E-state index in [0.717, 1.165) is 22.7 Å². The van der Waals surface area contributed by atoms with Crippen LogP contribution in [0.2, 0.25) is 0 Å². The highest BCUT2D eigenvalue weighted by molar-refractivity contribution is 5.80. The van der Waals surface area contributed by atoms with Crippen LogP contribution in [0.25, 0.3) is 5.69 Å². The Morgan fingerprint density at radius 3 is 2.89 bits per heavy atom. The molecule has 3 heterocycles. The first-order valence-corrected chi connectivity index (χ1v) is 9.20. The summed E-state index contributed by atoms with van der Waals surface area (Å²) in [6.45, 7) is 4.52. The van der Waals surface area contributed by atoms with Crippen molar-refractivity contribution in [2.24, 2.45) is 5.92 Å². The van der Waals surface area contributed by atoms with Crippen LogP contribution in [0.3, 0.4) is 0 Å². The van der Waals surface area contributed by atoms with Crippen molar-refractivity contribution in [2.75, 3.05) is 6.61 Å². The number of amides is 1. The van der Waals surface area contributed by atoms with Gasteiger partial charge in [0.15, 0.2) is 0 Å². The van der Waals surface area contributed by atoms with Gasteiger partial charge in [-0.25, -0.2) is 4.68 Å². The average Bonchev–Trinajstić information content (AvgIpc) is 3.41. The second kappa shape index (κ2) is 7.40. The van der Waals surface area contributed by atoms with Gasteiger partial charge in [0.1, 0.15) is 11.9 Å². The van der Waals surface area contributed by atoms with Gasteiger partial charge in [-0.2, -0.15) is 5.10 Å². The molecule has 1 aliphatic rings. The molecule has 0 spiro atoms. The van der Waals surface area contributed by atoms with Crippen LogP contribution >= 0.6 is 0 Å². The minimum absolute atomic E-state index is 0.0288. The van der Waals surface area contributed by atoms with E-state index in [1.54, 1.807) is 12.5 Å². The molecular formula is C21H23N3O3. The molecule has 0 bridgehead atoms. The summed E-state index contributed by atoms with van der Waals surface area (Å²) < 4.78 is 13.2. The van der Waals surface area contributed by atoms with Crippen LogP contribution in [-0.4, -0.2) is 22.3 Å². The molecule has 140 valence electrons. The van der Waals surface area contributed by atoms with Gasteiger partial charge in [0.05, 0.1) is 29.6 Å². The van der Waals surface area contributed by atoms with Crippen molar-refractivity contribution in [3.05, 3.63) is 71.9 Å². The molecule has 4 rings (SSSR count). The van der Waals surface area contributed by atoms with Crippen LogP contribution in [-0.2, 0) is 9.53 Å². The molecule has 1 aromatic carbocycles. The Morgan fingerprint density at radius 2 is 2.11 bits per heavy atom. The Kier molecular flexibility index (Phi) is 4.81. The fourth-order valence-corrected chi connectivity index (χ4v) is 3.61. The number of rotatable bonds is 5. The van der Waals surface area contributed by atoms with Gasteiger partial charge >= 0.3 is 0 Å². The van der Waals surface area contributed by atoms with Crippen molar-refractivity contribution in [1.82, 2.24) is 15.1 Å². The summed E-state index contributed by atoms with van der Waals surface area (Å²) in [5, 5.41) is 7.52. The molecule has 1 unspecified atom stereocenters. The molecule has 27 heavy (non-hydrogen) atoms. The van der Waals surface area contributed by atoms with E-state index in [2.05, 4.69) is 10.4 Å². The summed E-state index contributed by atoms with van der Waals surface area (Å²) in [5.74, 6) is 0.449. The molecule has 0 saturated carbocycles. The van der Waals surface area contributed by atoms with Crippen LogP contribution < -0.4 is 5.32 Å². The quantitative estimate of drug-likeness (QED) is 0.748. The summed E-state index contributed by atoms with van der Waals surface area (Å²) in [6, 6.07) is 13.5. The largest absolute Gasteiger partial charge is 0.467 e. The topological polar surface area (TPSA) is 69.3 Å². The van der Waals surface area contributed by atoms with Crippen molar-refractivity contribution in [3.63, 3.8) is 0 Å². The van der Waals surface area contributed by atoms with Crippen LogP contribution in [0.15, 0.2) is 59.3 Å². The number of aromatic nitrogens is 2. The molecule has 3 atom stereocenters. The van der Waals surface area contributed by atoms with Crippen LogP contribution in [0.1, 0.15) is 42.5 Å². The fraction of sp³-hybridized carbons (Fsp3) is 0.333. The number of benzene rings is 1. The van der Waals surface area contributed by atoms with Gasteiger partial charge in [-0.3, -0.25) is 4.79 Å². The first-order chi connectivity index (χ1) is 13.1. The van der Waals surface area contributed by atoms with Crippen molar-refractivity contribution < 1.29 is 13.9 Å². The number of hydrogen-bond acceptors (Lipinski definition) is 4. The molecule has 3 aromatic rings. The highest BCUT2D eigenvalue weighted by Gasteiger charge is 2.38. The van der Waals surface area contributed by atoms with Gasteiger partial charge in [-0.15, -0.1) is 0 Å². The maximum atomic E-state index is 12.9. The number of nitrogens with zero attached hydrogens (tertiary/aromatic N) is 2. The Bertz CT molecular complexity index is 916. The minimum atomic E-state index is -0.323. The first kappa shape index (κ1) is 17.5. The predicted octanol–water partition coefficient (Wildman–Crippen LogP) is 3.73. The highest BCUT2D eigenvalue weighted by atomic mass is 16.5. The number of nitrogens with one attached hydrogen (secondary N) is 1. The summed E-state index contributed by atoms with van der Waals surface area (Å²) in [5.41, 5.74) is 3.01. The summed E-state index contributed by atoms with van der Waals surface area (Å²) in [7, 11) is 0. The van der Waals surface area contributed by atoms with Gasteiger partial charge in [0, 0.05) is 12.8 Å². The molecule has 1 fully saturated rings. The van der Waals surface area contributed by atoms with E-state index < -0.39 is 0 Å². The molecule has 1 saturated heterocycles. The maximum Gasteiger partial charge on any atom is 0.226 e. The summed E-state index contributed by atoms with van der Waals surface area (Å²) >= 11 is 0. The zero-order chi connectivity index (χ0) is 18.8. The lowest BCUT2D eigenvalue weighted by Gasteiger charge is -2.21. The van der Waals surface area contributed by atoms with E-state index in [1.165, 1.54) is 0 Å². The van der Waals surface area contributed by atoms with Gasteiger partial charge in [-0.1, -0.05) is 18.2 Å². The lowest BCUT2D eigenvalue weighted by molar-refractivity contribution is -0.127. The third-order valence-corrected chi connectivity index (χ3v) is 5.06.